The van der Waals surface area contributed by atoms with Crippen molar-refractivity contribution in [2.45, 2.75) is 12.2 Å². The summed E-state index contributed by atoms with van der Waals surface area (Å²) in [5.74, 6) is 1.13. The second-order valence-electron chi connectivity index (χ2n) is 5.91. The lowest BCUT2D eigenvalue weighted by Crippen LogP contribution is -2.31. The number of nitrogens with two attached hydrogens (primary N) is 1. The molecule has 0 spiro atoms. The summed E-state index contributed by atoms with van der Waals surface area (Å²) in [6, 6.07) is 16.3. The molecule has 0 saturated carbocycles. The summed E-state index contributed by atoms with van der Waals surface area (Å²) in [6.45, 7) is 1.38. The van der Waals surface area contributed by atoms with Crippen molar-refractivity contribution in [3.05, 3.63) is 60.2 Å². The Bertz CT molecular complexity index is 708. The lowest BCUT2D eigenvalue weighted by molar-refractivity contribution is 0.0729. The molecular weight excluding hydrogens is 320 g/mol. The molecule has 6 heteroatoms. The van der Waals surface area contributed by atoms with Gasteiger partial charge in [-0.05, 0) is 30.3 Å². The first-order valence-corrected chi connectivity index (χ1v) is 8.29. The number of ether oxygens (including phenoxy) is 2. The van der Waals surface area contributed by atoms with E-state index in [4.69, 9.17) is 15.2 Å². The number of rotatable bonds is 6. The van der Waals surface area contributed by atoms with E-state index < -0.39 is 12.2 Å². The maximum absolute atomic E-state index is 12.7. The van der Waals surface area contributed by atoms with Gasteiger partial charge in [-0.25, -0.2) is 0 Å². The molecule has 6 nitrogen and oxygen atoms in total. The van der Waals surface area contributed by atoms with Gasteiger partial charge < -0.3 is 25.2 Å². The number of hydrogen-bond acceptors (Lipinski definition) is 5. The third-order valence-electron chi connectivity index (χ3n) is 4.02. The number of likely N-dealkylation sites (tertiary alicyclic amines) is 1. The first-order valence-electron chi connectivity index (χ1n) is 8.29. The van der Waals surface area contributed by atoms with Crippen LogP contribution >= 0.6 is 0 Å². The van der Waals surface area contributed by atoms with E-state index in [9.17, 15) is 9.90 Å². The van der Waals surface area contributed by atoms with Gasteiger partial charge in [0.15, 0.2) is 0 Å². The van der Waals surface area contributed by atoms with E-state index in [1.807, 2.05) is 30.3 Å². The fraction of sp³-hybridized carbons (Fsp3) is 0.316. The van der Waals surface area contributed by atoms with Crippen LogP contribution in [0, 0.1) is 0 Å². The number of aliphatic hydroxyl groups is 1. The summed E-state index contributed by atoms with van der Waals surface area (Å²) in [4.78, 5) is 14.3. The average Bonchev–Trinajstić information content (AvgIpc) is 3.01. The summed E-state index contributed by atoms with van der Waals surface area (Å²) >= 11 is 0. The summed E-state index contributed by atoms with van der Waals surface area (Å²) in [5.41, 5.74) is 5.94. The zero-order valence-electron chi connectivity index (χ0n) is 13.9. The third-order valence-corrected chi connectivity index (χ3v) is 4.02. The van der Waals surface area contributed by atoms with Gasteiger partial charge in [0, 0.05) is 12.1 Å². The summed E-state index contributed by atoms with van der Waals surface area (Å²) in [5, 5.41) is 10.2. The minimum absolute atomic E-state index is 0.156. The monoisotopic (exact) mass is 342 g/mol. The Kier molecular flexibility index (Phi) is 5.53. The number of para-hydroxylation sites is 1. The standard InChI is InChI=1S/C19H22N2O4/c20-9-10-24-16-8-4-5-14(11-16)19(23)21-12-17(22)18(13-21)25-15-6-2-1-3-7-15/h1-8,11,17-18,22H,9-10,12-13,20H2/t17-,18-/m1/s1. The Hall–Kier alpha value is -2.57. The highest BCUT2D eigenvalue weighted by Gasteiger charge is 2.36. The second-order valence-corrected chi connectivity index (χ2v) is 5.91. The van der Waals surface area contributed by atoms with E-state index in [1.54, 1.807) is 29.2 Å². The normalized spacial score (nSPS) is 19.7. The second kappa shape index (κ2) is 8.00. The Morgan fingerprint density at radius 1 is 1.12 bits per heavy atom. The molecule has 0 aromatic heterocycles. The van der Waals surface area contributed by atoms with Gasteiger partial charge in [-0.3, -0.25) is 4.79 Å². The average molecular weight is 342 g/mol. The lowest BCUT2D eigenvalue weighted by Gasteiger charge is -2.17. The highest BCUT2D eigenvalue weighted by molar-refractivity contribution is 5.94. The number of amides is 1. The van der Waals surface area contributed by atoms with Crippen LogP contribution in [0.2, 0.25) is 0 Å². The van der Waals surface area contributed by atoms with E-state index in [2.05, 4.69) is 0 Å². The van der Waals surface area contributed by atoms with Gasteiger partial charge in [-0.2, -0.15) is 0 Å². The van der Waals surface area contributed by atoms with Crippen LogP contribution in [0.4, 0.5) is 0 Å². The lowest BCUT2D eigenvalue weighted by atomic mass is 10.2. The Labute approximate surface area is 146 Å². The molecule has 1 amide bonds. The minimum atomic E-state index is -0.721. The van der Waals surface area contributed by atoms with Crippen LogP contribution in [0.5, 0.6) is 11.5 Å². The molecule has 1 aliphatic rings. The largest absolute Gasteiger partial charge is 0.492 e. The summed E-state index contributed by atoms with van der Waals surface area (Å²) in [6.07, 6.45) is -1.16. The van der Waals surface area contributed by atoms with E-state index in [0.717, 1.165) is 0 Å². The fourth-order valence-electron chi connectivity index (χ4n) is 2.79. The van der Waals surface area contributed by atoms with Crippen molar-refractivity contribution in [1.82, 2.24) is 4.90 Å². The molecule has 3 rings (SSSR count). The quantitative estimate of drug-likeness (QED) is 0.826. The van der Waals surface area contributed by atoms with Crippen LogP contribution in [0.3, 0.4) is 0 Å². The number of aliphatic hydroxyl groups excluding tert-OH is 1. The highest BCUT2D eigenvalue weighted by Crippen LogP contribution is 2.21. The van der Waals surface area contributed by atoms with Crippen molar-refractivity contribution in [3.8, 4) is 11.5 Å². The van der Waals surface area contributed by atoms with Crippen molar-refractivity contribution in [3.63, 3.8) is 0 Å². The van der Waals surface area contributed by atoms with Gasteiger partial charge in [0.2, 0.25) is 0 Å². The van der Waals surface area contributed by atoms with E-state index in [0.29, 0.717) is 36.8 Å². The third kappa shape index (κ3) is 4.29. The van der Waals surface area contributed by atoms with Crippen molar-refractivity contribution >= 4 is 5.91 Å². The predicted octanol–water partition coefficient (Wildman–Crippen LogP) is 1.29. The van der Waals surface area contributed by atoms with Gasteiger partial charge in [0.1, 0.15) is 30.3 Å². The molecule has 0 bridgehead atoms. The van der Waals surface area contributed by atoms with Crippen molar-refractivity contribution in [1.29, 1.82) is 0 Å². The van der Waals surface area contributed by atoms with E-state index in [-0.39, 0.29) is 12.5 Å². The molecular formula is C19H22N2O4. The number of carbonyl (C=O) groups excluding carboxylic acids is 1. The smallest absolute Gasteiger partial charge is 0.254 e. The van der Waals surface area contributed by atoms with Gasteiger partial charge in [0.25, 0.3) is 5.91 Å². The molecule has 2 atom stereocenters. The number of β-amino-alcohol motifs (C(OH)–C–C–N with tert-alkyl or cyclic N) is 1. The zero-order chi connectivity index (χ0) is 17.6. The van der Waals surface area contributed by atoms with Gasteiger partial charge in [0.05, 0.1) is 13.1 Å². The first-order chi connectivity index (χ1) is 12.2. The Morgan fingerprint density at radius 2 is 1.88 bits per heavy atom. The van der Waals surface area contributed by atoms with Gasteiger partial charge in [-0.1, -0.05) is 24.3 Å². The molecule has 0 radical (unpaired) electrons. The molecule has 0 aliphatic carbocycles. The molecule has 1 fully saturated rings. The molecule has 25 heavy (non-hydrogen) atoms. The SMILES string of the molecule is NCCOc1cccc(C(=O)N2C[C@@H](O)[C@H](Oc3ccccc3)C2)c1. The number of nitrogens with zero attached hydrogens (tertiary/aromatic N) is 1. The van der Waals surface area contributed by atoms with E-state index in [1.165, 1.54) is 0 Å². The van der Waals surface area contributed by atoms with Crippen molar-refractivity contribution < 1.29 is 19.4 Å². The molecule has 0 unspecified atom stereocenters. The van der Waals surface area contributed by atoms with Crippen LogP contribution in [0.15, 0.2) is 54.6 Å². The molecule has 2 aromatic rings. The molecule has 132 valence electrons. The fourth-order valence-corrected chi connectivity index (χ4v) is 2.79. The van der Waals surface area contributed by atoms with Crippen LogP contribution in [0.1, 0.15) is 10.4 Å². The Morgan fingerprint density at radius 3 is 2.64 bits per heavy atom. The van der Waals surface area contributed by atoms with Crippen LogP contribution in [-0.4, -0.2) is 54.4 Å². The van der Waals surface area contributed by atoms with Crippen LogP contribution in [-0.2, 0) is 0 Å². The van der Waals surface area contributed by atoms with E-state index >= 15 is 0 Å². The molecule has 1 aliphatic heterocycles. The molecule has 1 saturated heterocycles. The van der Waals surface area contributed by atoms with Crippen molar-refractivity contribution in [2.24, 2.45) is 5.73 Å². The van der Waals surface area contributed by atoms with Crippen LogP contribution < -0.4 is 15.2 Å². The Balaban J connectivity index is 1.65. The van der Waals surface area contributed by atoms with Gasteiger partial charge in [-0.15, -0.1) is 0 Å². The minimum Gasteiger partial charge on any atom is -0.492 e. The van der Waals surface area contributed by atoms with Crippen molar-refractivity contribution in [2.75, 3.05) is 26.2 Å². The summed E-state index contributed by atoms with van der Waals surface area (Å²) in [7, 11) is 0. The molecule has 3 N–H and O–H groups in total. The highest BCUT2D eigenvalue weighted by atomic mass is 16.5. The summed E-state index contributed by atoms with van der Waals surface area (Å²) < 4.78 is 11.3. The number of carbonyl (C=O) groups is 1. The number of hydrogen-bond donors (Lipinski definition) is 2. The zero-order valence-corrected chi connectivity index (χ0v) is 13.9. The molecule has 1 heterocycles. The topological polar surface area (TPSA) is 85.0 Å². The van der Waals surface area contributed by atoms with Gasteiger partial charge >= 0.3 is 0 Å². The van der Waals surface area contributed by atoms with Crippen LogP contribution in [0.25, 0.3) is 0 Å². The predicted molar refractivity (Wildman–Crippen MR) is 93.8 cm³/mol. The maximum atomic E-state index is 12.7. The number of benzene rings is 2. The maximum Gasteiger partial charge on any atom is 0.254 e. The molecule has 2 aromatic carbocycles. The first kappa shape index (κ1) is 17.3.